The molecule has 1 heterocycles. The molecule has 0 saturated heterocycles. The van der Waals surface area contributed by atoms with Crippen LogP contribution in [0.1, 0.15) is 16.1 Å². The Balaban J connectivity index is 1.76. The van der Waals surface area contributed by atoms with Crippen LogP contribution < -0.4 is 5.32 Å². The number of rotatable bonds is 3. The average molecular weight is 268 g/mol. The molecule has 0 aliphatic rings. The molecule has 0 aliphatic heterocycles. The number of para-hydroxylation sites is 1. The smallest absolute Gasteiger partial charge is 0.113 e. The fraction of sp³-hybridized carbons (Fsp3) is 0.188. The molecule has 3 rings (SSSR count). The number of nitrogens with zero attached hydrogens (tertiary/aromatic N) is 1. The summed E-state index contributed by atoms with van der Waals surface area (Å²) in [6.45, 7) is 5.05. The van der Waals surface area contributed by atoms with E-state index in [1.54, 1.807) is 11.3 Å². The maximum Gasteiger partial charge on any atom is 0.113 e. The van der Waals surface area contributed by atoms with Crippen molar-refractivity contribution in [2.45, 2.75) is 20.4 Å². The van der Waals surface area contributed by atoms with Crippen LogP contribution in [0.3, 0.4) is 0 Å². The predicted molar refractivity (Wildman–Crippen MR) is 82.9 cm³/mol. The lowest BCUT2D eigenvalue weighted by molar-refractivity contribution is 1.11. The first kappa shape index (κ1) is 12.2. The van der Waals surface area contributed by atoms with E-state index in [4.69, 9.17) is 0 Å². The zero-order chi connectivity index (χ0) is 13.2. The molecule has 0 unspecified atom stereocenters. The van der Waals surface area contributed by atoms with E-state index in [9.17, 15) is 0 Å². The van der Waals surface area contributed by atoms with E-state index in [2.05, 4.69) is 60.5 Å². The van der Waals surface area contributed by atoms with Crippen molar-refractivity contribution < 1.29 is 0 Å². The summed E-state index contributed by atoms with van der Waals surface area (Å²) < 4.78 is 1.25. The van der Waals surface area contributed by atoms with E-state index in [1.807, 2.05) is 6.07 Å². The minimum Gasteiger partial charge on any atom is -0.379 e. The van der Waals surface area contributed by atoms with Gasteiger partial charge in [-0.2, -0.15) is 0 Å². The molecule has 1 aromatic heterocycles. The first-order valence-corrected chi connectivity index (χ1v) is 7.19. The van der Waals surface area contributed by atoms with Crippen LogP contribution in [0.5, 0.6) is 0 Å². The van der Waals surface area contributed by atoms with E-state index in [0.29, 0.717) is 0 Å². The summed E-state index contributed by atoms with van der Waals surface area (Å²) >= 11 is 1.75. The second kappa shape index (κ2) is 5.02. The lowest BCUT2D eigenvalue weighted by atomic mass is 10.1. The Labute approximate surface area is 117 Å². The van der Waals surface area contributed by atoms with Crippen LogP contribution in [0.2, 0.25) is 0 Å². The van der Waals surface area contributed by atoms with Gasteiger partial charge in [-0.05, 0) is 49.2 Å². The monoisotopic (exact) mass is 268 g/mol. The quantitative estimate of drug-likeness (QED) is 0.755. The third-order valence-corrected chi connectivity index (χ3v) is 4.33. The minimum atomic E-state index is 0.780. The Morgan fingerprint density at radius 1 is 1.05 bits per heavy atom. The molecule has 0 fully saturated rings. The number of fused-ring (bicyclic) bond motifs is 1. The SMILES string of the molecule is Cc1ccc(NCc2nc3ccccc3s2)cc1C. The van der Waals surface area contributed by atoms with Crippen LogP contribution >= 0.6 is 11.3 Å². The molecule has 0 saturated carbocycles. The van der Waals surface area contributed by atoms with E-state index in [0.717, 1.165) is 22.8 Å². The van der Waals surface area contributed by atoms with Gasteiger partial charge >= 0.3 is 0 Å². The van der Waals surface area contributed by atoms with Crippen LogP contribution in [-0.4, -0.2) is 4.98 Å². The molecule has 0 aliphatic carbocycles. The van der Waals surface area contributed by atoms with Gasteiger partial charge in [-0.1, -0.05) is 18.2 Å². The molecule has 1 N–H and O–H groups in total. The summed E-state index contributed by atoms with van der Waals surface area (Å²) in [6, 6.07) is 14.7. The van der Waals surface area contributed by atoms with Crippen LogP contribution in [0.15, 0.2) is 42.5 Å². The van der Waals surface area contributed by atoms with Crippen molar-refractivity contribution in [3.8, 4) is 0 Å². The highest BCUT2D eigenvalue weighted by Gasteiger charge is 2.03. The zero-order valence-corrected chi connectivity index (χ0v) is 11.9. The van der Waals surface area contributed by atoms with Gasteiger partial charge in [0.05, 0.1) is 16.8 Å². The highest BCUT2D eigenvalue weighted by Crippen LogP contribution is 2.22. The van der Waals surface area contributed by atoms with Crippen LogP contribution in [0.4, 0.5) is 5.69 Å². The maximum atomic E-state index is 4.62. The molecule has 3 heteroatoms. The van der Waals surface area contributed by atoms with E-state index >= 15 is 0 Å². The number of thiazole rings is 1. The lowest BCUT2D eigenvalue weighted by Gasteiger charge is -2.06. The van der Waals surface area contributed by atoms with Gasteiger partial charge in [-0.15, -0.1) is 11.3 Å². The Hall–Kier alpha value is -1.87. The van der Waals surface area contributed by atoms with E-state index < -0.39 is 0 Å². The van der Waals surface area contributed by atoms with Gasteiger partial charge in [0.2, 0.25) is 0 Å². The molecule has 0 spiro atoms. The van der Waals surface area contributed by atoms with Crippen molar-refractivity contribution in [3.63, 3.8) is 0 Å². The molecular weight excluding hydrogens is 252 g/mol. The van der Waals surface area contributed by atoms with Gasteiger partial charge in [-0.3, -0.25) is 0 Å². The first-order valence-electron chi connectivity index (χ1n) is 6.38. The molecule has 0 atom stereocenters. The minimum absolute atomic E-state index is 0.780. The van der Waals surface area contributed by atoms with Crippen molar-refractivity contribution >= 4 is 27.2 Å². The maximum absolute atomic E-state index is 4.62. The van der Waals surface area contributed by atoms with Crippen molar-refractivity contribution in [1.82, 2.24) is 4.98 Å². The van der Waals surface area contributed by atoms with Crippen LogP contribution in [0, 0.1) is 13.8 Å². The number of anilines is 1. The third-order valence-electron chi connectivity index (χ3n) is 3.29. The molecule has 2 aromatic carbocycles. The summed E-state index contributed by atoms with van der Waals surface area (Å²) in [5.41, 5.74) is 4.88. The summed E-state index contributed by atoms with van der Waals surface area (Å²) in [7, 11) is 0. The van der Waals surface area contributed by atoms with Gasteiger partial charge < -0.3 is 5.32 Å². The predicted octanol–water partition coefficient (Wildman–Crippen LogP) is 4.53. The highest BCUT2D eigenvalue weighted by molar-refractivity contribution is 7.18. The molecular formula is C16H16N2S. The molecule has 96 valence electrons. The second-order valence-electron chi connectivity index (χ2n) is 4.73. The molecule has 0 bridgehead atoms. The number of hydrogen-bond acceptors (Lipinski definition) is 3. The average Bonchev–Trinajstić information content (AvgIpc) is 2.83. The van der Waals surface area contributed by atoms with Crippen molar-refractivity contribution in [1.29, 1.82) is 0 Å². The Morgan fingerprint density at radius 2 is 1.89 bits per heavy atom. The Bertz CT molecular complexity index is 683. The second-order valence-corrected chi connectivity index (χ2v) is 5.84. The summed E-state index contributed by atoms with van der Waals surface area (Å²) in [6.07, 6.45) is 0. The number of nitrogens with one attached hydrogen (secondary N) is 1. The standard InChI is InChI=1S/C16H16N2S/c1-11-7-8-13(9-12(11)2)17-10-16-18-14-5-3-4-6-15(14)19-16/h3-9,17H,10H2,1-2H3. The molecule has 0 amide bonds. The third kappa shape index (κ3) is 2.61. The lowest BCUT2D eigenvalue weighted by Crippen LogP contribution is -1.99. The molecule has 2 nitrogen and oxygen atoms in total. The van der Waals surface area contributed by atoms with E-state index in [1.165, 1.54) is 15.8 Å². The van der Waals surface area contributed by atoms with Gasteiger partial charge in [0.15, 0.2) is 0 Å². The van der Waals surface area contributed by atoms with Crippen molar-refractivity contribution in [2.75, 3.05) is 5.32 Å². The zero-order valence-electron chi connectivity index (χ0n) is 11.1. The normalized spacial score (nSPS) is 10.8. The first-order chi connectivity index (χ1) is 9.22. The van der Waals surface area contributed by atoms with Crippen molar-refractivity contribution in [3.05, 3.63) is 58.6 Å². The largest absolute Gasteiger partial charge is 0.379 e. The number of benzene rings is 2. The molecule has 3 aromatic rings. The van der Waals surface area contributed by atoms with Crippen molar-refractivity contribution in [2.24, 2.45) is 0 Å². The molecule has 19 heavy (non-hydrogen) atoms. The fourth-order valence-electron chi connectivity index (χ4n) is 2.02. The summed E-state index contributed by atoms with van der Waals surface area (Å²) in [4.78, 5) is 4.62. The topological polar surface area (TPSA) is 24.9 Å². The van der Waals surface area contributed by atoms with Gasteiger partial charge in [0, 0.05) is 5.69 Å². The highest BCUT2D eigenvalue weighted by atomic mass is 32.1. The van der Waals surface area contributed by atoms with Gasteiger partial charge in [0.25, 0.3) is 0 Å². The fourth-order valence-corrected chi connectivity index (χ4v) is 2.93. The summed E-state index contributed by atoms with van der Waals surface area (Å²) in [5, 5.41) is 4.56. The van der Waals surface area contributed by atoms with Crippen LogP contribution in [0.25, 0.3) is 10.2 Å². The van der Waals surface area contributed by atoms with Gasteiger partial charge in [0.1, 0.15) is 5.01 Å². The van der Waals surface area contributed by atoms with Crippen LogP contribution in [-0.2, 0) is 6.54 Å². The number of aryl methyl sites for hydroxylation is 2. The number of aromatic nitrogens is 1. The molecule has 0 radical (unpaired) electrons. The van der Waals surface area contributed by atoms with Gasteiger partial charge in [-0.25, -0.2) is 4.98 Å². The van der Waals surface area contributed by atoms with E-state index in [-0.39, 0.29) is 0 Å². The summed E-state index contributed by atoms with van der Waals surface area (Å²) in [5.74, 6) is 0. The Kier molecular flexibility index (Phi) is 3.22. The Morgan fingerprint density at radius 3 is 2.68 bits per heavy atom. The number of hydrogen-bond donors (Lipinski definition) is 1.